The molecule has 1 aliphatic carbocycles. The molecule has 0 heterocycles. The Labute approximate surface area is 111 Å². The molecule has 0 N–H and O–H groups in total. The minimum atomic E-state index is 0.202. The van der Waals surface area contributed by atoms with E-state index in [4.69, 9.17) is 0 Å². The van der Waals surface area contributed by atoms with Crippen molar-refractivity contribution in [2.24, 2.45) is 11.8 Å². The van der Waals surface area contributed by atoms with Crippen LogP contribution in [0.25, 0.3) is 0 Å². The van der Waals surface area contributed by atoms with Crippen LogP contribution in [0.4, 0.5) is 0 Å². The SMILES string of the molecule is CC1CC1CN(C)CC(=O)c1ccc(Br)cc1. The minimum Gasteiger partial charge on any atom is -0.299 e. The van der Waals surface area contributed by atoms with Gasteiger partial charge in [0.1, 0.15) is 0 Å². The summed E-state index contributed by atoms with van der Waals surface area (Å²) in [6.45, 7) is 3.84. The van der Waals surface area contributed by atoms with E-state index in [0.29, 0.717) is 6.54 Å². The third kappa shape index (κ3) is 3.65. The van der Waals surface area contributed by atoms with Crippen LogP contribution in [0.3, 0.4) is 0 Å². The molecule has 2 atom stereocenters. The van der Waals surface area contributed by atoms with Gasteiger partial charge < -0.3 is 0 Å². The predicted molar refractivity (Wildman–Crippen MR) is 73.2 cm³/mol. The smallest absolute Gasteiger partial charge is 0.176 e. The summed E-state index contributed by atoms with van der Waals surface area (Å²) < 4.78 is 1.01. The Hall–Kier alpha value is -0.670. The number of halogens is 1. The first kappa shape index (κ1) is 12.8. The first-order valence-corrected chi connectivity index (χ1v) is 6.83. The van der Waals surface area contributed by atoms with Crippen molar-refractivity contribution in [2.45, 2.75) is 13.3 Å². The molecule has 0 saturated heterocycles. The zero-order valence-corrected chi connectivity index (χ0v) is 11.9. The summed E-state index contributed by atoms with van der Waals surface area (Å²) in [6, 6.07) is 7.58. The molecule has 17 heavy (non-hydrogen) atoms. The highest BCUT2D eigenvalue weighted by atomic mass is 79.9. The number of benzene rings is 1. The standard InChI is InChI=1S/C14H18BrNO/c1-10-7-12(10)8-16(2)9-14(17)11-3-5-13(15)6-4-11/h3-6,10,12H,7-9H2,1-2H3. The topological polar surface area (TPSA) is 20.3 Å². The van der Waals surface area contributed by atoms with E-state index in [1.165, 1.54) is 6.42 Å². The first-order chi connectivity index (χ1) is 8.06. The van der Waals surface area contributed by atoms with Gasteiger partial charge in [0.2, 0.25) is 0 Å². The van der Waals surface area contributed by atoms with Crippen LogP contribution in [-0.4, -0.2) is 30.8 Å². The van der Waals surface area contributed by atoms with Gasteiger partial charge in [0.15, 0.2) is 5.78 Å². The molecule has 2 unspecified atom stereocenters. The molecule has 0 aliphatic heterocycles. The largest absolute Gasteiger partial charge is 0.299 e. The van der Waals surface area contributed by atoms with Crippen LogP contribution in [0.1, 0.15) is 23.7 Å². The number of hydrogen-bond donors (Lipinski definition) is 0. The molecule has 0 aromatic heterocycles. The summed E-state index contributed by atoms with van der Waals surface area (Å²) in [5.41, 5.74) is 0.795. The van der Waals surface area contributed by atoms with Crippen LogP contribution >= 0.6 is 15.9 Å². The lowest BCUT2D eigenvalue weighted by molar-refractivity contribution is 0.0943. The molecule has 1 aromatic carbocycles. The van der Waals surface area contributed by atoms with Crippen molar-refractivity contribution >= 4 is 21.7 Å². The highest BCUT2D eigenvalue weighted by Gasteiger charge is 2.33. The molecular weight excluding hydrogens is 278 g/mol. The Balaban J connectivity index is 1.85. The van der Waals surface area contributed by atoms with Crippen LogP contribution in [0.2, 0.25) is 0 Å². The van der Waals surface area contributed by atoms with Crippen molar-refractivity contribution < 1.29 is 4.79 Å². The van der Waals surface area contributed by atoms with E-state index in [1.54, 1.807) is 0 Å². The van der Waals surface area contributed by atoms with E-state index in [0.717, 1.165) is 28.4 Å². The third-order valence-corrected chi connectivity index (χ3v) is 3.93. The van der Waals surface area contributed by atoms with E-state index in [2.05, 4.69) is 27.8 Å². The number of likely N-dealkylation sites (N-methyl/N-ethyl adjacent to an activating group) is 1. The van der Waals surface area contributed by atoms with E-state index < -0.39 is 0 Å². The molecule has 0 bridgehead atoms. The highest BCUT2D eigenvalue weighted by Crippen LogP contribution is 2.37. The zero-order chi connectivity index (χ0) is 12.4. The van der Waals surface area contributed by atoms with Gasteiger partial charge in [-0.25, -0.2) is 0 Å². The second kappa shape index (κ2) is 5.32. The van der Waals surface area contributed by atoms with E-state index in [1.807, 2.05) is 31.3 Å². The molecule has 2 rings (SSSR count). The molecule has 1 saturated carbocycles. The van der Waals surface area contributed by atoms with Gasteiger partial charge in [-0.3, -0.25) is 9.69 Å². The first-order valence-electron chi connectivity index (χ1n) is 6.03. The van der Waals surface area contributed by atoms with E-state index in [9.17, 15) is 4.79 Å². The Morgan fingerprint density at radius 1 is 1.41 bits per heavy atom. The Kier molecular flexibility index (Phi) is 4.00. The molecule has 0 spiro atoms. The number of ketones is 1. The summed E-state index contributed by atoms with van der Waals surface area (Å²) in [4.78, 5) is 14.1. The maximum atomic E-state index is 12.0. The average molecular weight is 296 g/mol. The normalized spacial score (nSPS) is 22.8. The lowest BCUT2D eigenvalue weighted by Crippen LogP contribution is -2.28. The Morgan fingerprint density at radius 2 is 2.00 bits per heavy atom. The van der Waals surface area contributed by atoms with Crippen molar-refractivity contribution in [3.63, 3.8) is 0 Å². The predicted octanol–water partition coefficient (Wildman–Crippen LogP) is 3.22. The summed E-state index contributed by atoms with van der Waals surface area (Å²) >= 11 is 3.37. The lowest BCUT2D eigenvalue weighted by Gasteiger charge is -2.15. The molecule has 2 nitrogen and oxygen atoms in total. The maximum Gasteiger partial charge on any atom is 0.176 e. The van der Waals surface area contributed by atoms with Gasteiger partial charge in [-0.15, -0.1) is 0 Å². The monoisotopic (exact) mass is 295 g/mol. The number of carbonyl (C=O) groups is 1. The van der Waals surface area contributed by atoms with Gasteiger partial charge in [-0.05, 0) is 37.4 Å². The van der Waals surface area contributed by atoms with Gasteiger partial charge in [0.25, 0.3) is 0 Å². The summed E-state index contributed by atoms with van der Waals surface area (Å²) in [5, 5.41) is 0. The fraction of sp³-hybridized carbons (Fsp3) is 0.500. The molecule has 92 valence electrons. The second-order valence-electron chi connectivity index (χ2n) is 5.10. The summed E-state index contributed by atoms with van der Waals surface area (Å²) in [5.74, 6) is 1.85. The Bertz CT molecular complexity index is 401. The quantitative estimate of drug-likeness (QED) is 0.778. The van der Waals surface area contributed by atoms with Gasteiger partial charge in [-0.2, -0.15) is 0 Å². The number of rotatable bonds is 5. The van der Waals surface area contributed by atoms with Crippen LogP contribution in [0.15, 0.2) is 28.7 Å². The number of carbonyl (C=O) groups excluding carboxylic acids is 1. The molecule has 1 aromatic rings. The van der Waals surface area contributed by atoms with Gasteiger partial charge >= 0.3 is 0 Å². The lowest BCUT2D eigenvalue weighted by atomic mass is 10.1. The molecule has 0 amide bonds. The highest BCUT2D eigenvalue weighted by molar-refractivity contribution is 9.10. The third-order valence-electron chi connectivity index (χ3n) is 3.40. The van der Waals surface area contributed by atoms with Crippen LogP contribution in [0.5, 0.6) is 0 Å². The number of nitrogens with zero attached hydrogens (tertiary/aromatic N) is 1. The molecule has 1 aliphatic rings. The molecule has 3 heteroatoms. The van der Waals surface area contributed by atoms with Crippen molar-refractivity contribution in [2.75, 3.05) is 20.1 Å². The molecule has 1 fully saturated rings. The van der Waals surface area contributed by atoms with Gasteiger partial charge in [0, 0.05) is 16.6 Å². The maximum absolute atomic E-state index is 12.0. The molecular formula is C14H18BrNO. The second-order valence-corrected chi connectivity index (χ2v) is 6.02. The van der Waals surface area contributed by atoms with E-state index in [-0.39, 0.29) is 5.78 Å². The van der Waals surface area contributed by atoms with E-state index >= 15 is 0 Å². The number of hydrogen-bond acceptors (Lipinski definition) is 2. The average Bonchev–Trinajstić information content (AvgIpc) is 2.94. The van der Waals surface area contributed by atoms with Crippen molar-refractivity contribution in [1.82, 2.24) is 4.90 Å². The zero-order valence-electron chi connectivity index (χ0n) is 10.3. The Morgan fingerprint density at radius 3 is 2.53 bits per heavy atom. The fourth-order valence-corrected chi connectivity index (χ4v) is 2.35. The van der Waals surface area contributed by atoms with Crippen LogP contribution in [-0.2, 0) is 0 Å². The van der Waals surface area contributed by atoms with Crippen LogP contribution < -0.4 is 0 Å². The summed E-state index contributed by atoms with van der Waals surface area (Å²) in [6.07, 6.45) is 1.32. The van der Waals surface area contributed by atoms with Gasteiger partial charge in [-0.1, -0.05) is 35.0 Å². The summed E-state index contributed by atoms with van der Waals surface area (Å²) in [7, 11) is 2.03. The van der Waals surface area contributed by atoms with Crippen molar-refractivity contribution in [3.05, 3.63) is 34.3 Å². The molecule has 0 radical (unpaired) electrons. The van der Waals surface area contributed by atoms with Crippen LogP contribution in [0, 0.1) is 11.8 Å². The van der Waals surface area contributed by atoms with Gasteiger partial charge in [0.05, 0.1) is 6.54 Å². The fourth-order valence-electron chi connectivity index (χ4n) is 2.09. The minimum absolute atomic E-state index is 0.202. The van der Waals surface area contributed by atoms with Crippen molar-refractivity contribution in [3.8, 4) is 0 Å². The number of Topliss-reactive ketones (excluding diaryl/α,β-unsaturated/α-hetero) is 1. The van der Waals surface area contributed by atoms with Crippen molar-refractivity contribution in [1.29, 1.82) is 0 Å².